The second kappa shape index (κ2) is 8.20. The molecule has 0 aliphatic heterocycles. The summed E-state index contributed by atoms with van der Waals surface area (Å²) in [6.07, 6.45) is 0.880. The van der Waals surface area contributed by atoms with Crippen molar-refractivity contribution in [3.8, 4) is 0 Å². The predicted molar refractivity (Wildman–Crippen MR) is 109 cm³/mol. The van der Waals surface area contributed by atoms with E-state index >= 15 is 0 Å². The first-order chi connectivity index (χ1) is 12.9. The first-order valence-electron chi connectivity index (χ1n) is 8.24. The summed E-state index contributed by atoms with van der Waals surface area (Å²) >= 11 is 2.74. The average Bonchev–Trinajstić information content (AvgIpc) is 3.33. The first kappa shape index (κ1) is 19.5. The zero-order valence-corrected chi connectivity index (χ0v) is 17.3. The minimum Gasteiger partial charge on any atom is -0.336 e. The van der Waals surface area contributed by atoms with E-state index in [1.807, 2.05) is 12.3 Å². The SMILES string of the molecule is CCc1nc(CN(C)C(=O)c2ccc(NS(=O)(=O)c3cccs3)cc2)cs1. The Hall–Kier alpha value is -2.23. The molecule has 1 amide bonds. The molecule has 2 aromatic heterocycles. The van der Waals surface area contributed by atoms with E-state index in [2.05, 4.69) is 9.71 Å². The van der Waals surface area contributed by atoms with Crippen LogP contribution in [0, 0.1) is 0 Å². The quantitative estimate of drug-likeness (QED) is 0.629. The maximum atomic E-state index is 12.6. The third kappa shape index (κ3) is 4.74. The normalized spacial score (nSPS) is 11.3. The highest BCUT2D eigenvalue weighted by atomic mass is 32.2. The van der Waals surface area contributed by atoms with Crippen LogP contribution in [0.4, 0.5) is 5.69 Å². The number of aryl methyl sites for hydroxylation is 1. The van der Waals surface area contributed by atoms with E-state index in [-0.39, 0.29) is 10.1 Å². The van der Waals surface area contributed by atoms with Gasteiger partial charge in [-0.05, 0) is 42.1 Å². The number of hydrogen-bond acceptors (Lipinski definition) is 6. The van der Waals surface area contributed by atoms with Crippen LogP contribution in [0.2, 0.25) is 0 Å². The number of nitrogens with zero attached hydrogens (tertiary/aromatic N) is 2. The Morgan fingerprint density at radius 3 is 2.52 bits per heavy atom. The van der Waals surface area contributed by atoms with Gasteiger partial charge in [0, 0.05) is 23.7 Å². The Kier molecular flexibility index (Phi) is 5.93. The second-order valence-corrected chi connectivity index (χ2v) is 9.66. The maximum Gasteiger partial charge on any atom is 0.271 e. The summed E-state index contributed by atoms with van der Waals surface area (Å²) in [6.45, 7) is 2.48. The van der Waals surface area contributed by atoms with Crippen LogP contribution in [0.15, 0.2) is 51.4 Å². The third-order valence-electron chi connectivity index (χ3n) is 3.79. The van der Waals surface area contributed by atoms with Crippen molar-refractivity contribution in [2.24, 2.45) is 0 Å². The molecule has 142 valence electrons. The number of anilines is 1. The molecule has 0 saturated carbocycles. The van der Waals surface area contributed by atoms with Crippen LogP contribution >= 0.6 is 22.7 Å². The van der Waals surface area contributed by atoms with Crippen molar-refractivity contribution in [3.05, 3.63) is 63.4 Å². The molecule has 0 radical (unpaired) electrons. The average molecular weight is 422 g/mol. The lowest BCUT2D eigenvalue weighted by Crippen LogP contribution is -2.26. The van der Waals surface area contributed by atoms with Crippen LogP contribution in [-0.4, -0.2) is 31.3 Å². The van der Waals surface area contributed by atoms with E-state index in [1.54, 1.807) is 65.1 Å². The minimum atomic E-state index is -3.59. The highest BCUT2D eigenvalue weighted by molar-refractivity contribution is 7.94. The smallest absolute Gasteiger partial charge is 0.271 e. The highest BCUT2D eigenvalue weighted by Crippen LogP contribution is 2.21. The number of carbonyl (C=O) groups excluding carboxylic acids is 1. The van der Waals surface area contributed by atoms with Gasteiger partial charge in [0.25, 0.3) is 15.9 Å². The number of aromatic nitrogens is 1. The predicted octanol–water partition coefficient (Wildman–Crippen LogP) is 3.84. The number of nitrogens with one attached hydrogen (secondary N) is 1. The summed E-state index contributed by atoms with van der Waals surface area (Å²) in [4.78, 5) is 18.6. The zero-order chi connectivity index (χ0) is 19.4. The fraction of sp³-hybridized carbons (Fsp3) is 0.222. The lowest BCUT2D eigenvalue weighted by atomic mass is 10.2. The molecule has 2 heterocycles. The van der Waals surface area contributed by atoms with Gasteiger partial charge in [0.2, 0.25) is 0 Å². The number of amides is 1. The van der Waals surface area contributed by atoms with Gasteiger partial charge < -0.3 is 4.90 Å². The lowest BCUT2D eigenvalue weighted by molar-refractivity contribution is 0.0783. The molecule has 0 aliphatic rings. The lowest BCUT2D eigenvalue weighted by Gasteiger charge is -2.16. The van der Waals surface area contributed by atoms with Gasteiger partial charge in [-0.3, -0.25) is 9.52 Å². The third-order valence-corrected chi connectivity index (χ3v) is 7.61. The van der Waals surface area contributed by atoms with E-state index in [0.717, 1.165) is 28.5 Å². The van der Waals surface area contributed by atoms with Gasteiger partial charge in [0.05, 0.1) is 17.2 Å². The Morgan fingerprint density at radius 1 is 1.19 bits per heavy atom. The van der Waals surface area contributed by atoms with Gasteiger partial charge in [-0.2, -0.15) is 0 Å². The molecule has 0 bridgehead atoms. The van der Waals surface area contributed by atoms with Crippen molar-refractivity contribution in [2.75, 3.05) is 11.8 Å². The molecule has 0 fully saturated rings. The topological polar surface area (TPSA) is 79.4 Å². The number of hydrogen-bond donors (Lipinski definition) is 1. The Morgan fingerprint density at radius 2 is 1.93 bits per heavy atom. The van der Waals surface area contributed by atoms with E-state index < -0.39 is 10.0 Å². The van der Waals surface area contributed by atoms with E-state index in [1.165, 1.54) is 0 Å². The molecule has 3 rings (SSSR count). The summed E-state index contributed by atoms with van der Waals surface area (Å²) in [5.41, 5.74) is 1.77. The van der Waals surface area contributed by atoms with Gasteiger partial charge in [0.1, 0.15) is 4.21 Å². The molecule has 0 unspecified atom stereocenters. The van der Waals surface area contributed by atoms with Gasteiger partial charge in [-0.25, -0.2) is 13.4 Å². The molecule has 9 heteroatoms. The molecule has 27 heavy (non-hydrogen) atoms. The van der Waals surface area contributed by atoms with Crippen LogP contribution in [0.25, 0.3) is 0 Å². The number of carbonyl (C=O) groups is 1. The molecular formula is C18H19N3O3S3. The van der Waals surface area contributed by atoms with Crippen molar-refractivity contribution in [2.45, 2.75) is 24.1 Å². The number of sulfonamides is 1. The maximum absolute atomic E-state index is 12.6. The monoisotopic (exact) mass is 421 g/mol. The van der Waals surface area contributed by atoms with Gasteiger partial charge >= 0.3 is 0 Å². The molecule has 0 saturated heterocycles. The molecule has 1 aromatic carbocycles. The number of benzene rings is 1. The van der Waals surface area contributed by atoms with Crippen LogP contribution < -0.4 is 4.72 Å². The Balaban J connectivity index is 1.66. The van der Waals surface area contributed by atoms with Crippen molar-refractivity contribution in [3.63, 3.8) is 0 Å². The van der Waals surface area contributed by atoms with E-state index in [0.29, 0.717) is 17.8 Å². The van der Waals surface area contributed by atoms with E-state index in [4.69, 9.17) is 0 Å². The number of thiophene rings is 1. The largest absolute Gasteiger partial charge is 0.336 e. The molecule has 6 nitrogen and oxygen atoms in total. The molecular weight excluding hydrogens is 402 g/mol. The number of rotatable bonds is 7. The fourth-order valence-corrected chi connectivity index (χ4v) is 5.21. The molecule has 3 aromatic rings. The van der Waals surface area contributed by atoms with Crippen molar-refractivity contribution >= 4 is 44.3 Å². The molecule has 0 aliphatic carbocycles. The minimum absolute atomic E-state index is 0.145. The Labute approximate surface area is 166 Å². The number of thiazole rings is 1. The first-order valence-corrected chi connectivity index (χ1v) is 11.5. The summed E-state index contributed by atoms with van der Waals surface area (Å²) in [5.74, 6) is -0.145. The van der Waals surface area contributed by atoms with Crippen molar-refractivity contribution in [1.82, 2.24) is 9.88 Å². The standard InChI is InChI=1S/C18H19N3O3S3/c1-3-16-19-15(12-26-16)11-21(2)18(22)13-6-8-14(9-7-13)20-27(23,24)17-5-4-10-25-17/h4-10,12,20H,3,11H2,1-2H3. The molecule has 0 atom stereocenters. The zero-order valence-electron chi connectivity index (χ0n) is 14.9. The van der Waals surface area contributed by atoms with Crippen molar-refractivity contribution in [1.29, 1.82) is 0 Å². The van der Waals surface area contributed by atoms with Crippen LogP contribution in [0.3, 0.4) is 0 Å². The van der Waals surface area contributed by atoms with Gasteiger partial charge in [0.15, 0.2) is 0 Å². The van der Waals surface area contributed by atoms with Gasteiger partial charge in [-0.15, -0.1) is 22.7 Å². The summed E-state index contributed by atoms with van der Waals surface area (Å²) in [5, 5.41) is 4.72. The van der Waals surface area contributed by atoms with E-state index in [9.17, 15) is 13.2 Å². The Bertz CT molecular complexity index is 1010. The van der Waals surface area contributed by atoms with Crippen LogP contribution in [0.1, 0.15) is 28.0 Å². The second-order valence-electron chi connectivity index (χ2n) is 5.86. The van der Waals surface area contributed by atoms with Crippen molar-refractivity contribution < 1.29 is 13.2 Å². The van der Waals surface area contributed by atoms with Crippen LogP contribution in [0.5, 0.6) is 0 Å². The molecule has 0 spiro atoms. The van der Waals surface area contributed by atoms with Gasteiger partial charge in [-0.1, -0.05) is 13.0 Å². The summed E-state index contributed by atoms with van der Waals surface area (Å²) in [6, 6.07) is 9.63. The highest BCUT2D eigenvalue weighted by Gasteiger charge is 2.17. The summed E-state index contributed by atoms with van der Waals surface area (Å²) < 4.78 is 27.2. The summed E-state index contributed by atoms with van der Waals surface area (Å²) in [7, 11) is -1.87. The molecule has 1 N–H and O–H groups in total. The van der Waals surface area contributed by atoms with Crippen LogP contribution in [-0.2, 0) is 23.0 Å². The fourth-order valence-electron chi connectivity index (χ4n) is 2.42.